The van der Waals surface area contributed by atoms with E-state index >= 15 is 0 Å². The Morgan fingerprint density at radius 3 is 2.80 bits per heavy atom. The number of H-pyrrole nitrogens is 1. The Morgan fingerprint density at radius 2 is 2.10 bits per heavy atom. The summed E-state index contributed by atoms with van der Waals surface area (Å²) in [6.45, 7) is 6.84. The smallest absolute Gasteiger partial charge is 0.220 e. The van der Waals surface area contributed by atoms with Crippen molar-refractivity contribution in [2.24, 2.45) is 5.41 Å². The standard InChI is InChI=1S/C16H21ClN2O/c1-16(2,3)9-15(20)18-7-6-11-10-19-14-5-4-12(17)8-13(11)14/h4-5,8,10,19H,6-7,9H2,1-3H3,(H,18,20). The molecule has 2 rings (SSSR count). The quantitative estimate of drug-likeness (QED) is 0.881. The molecule has 0 bridgehead atoms. The lowest BCUT2D eigenvalue weighted by Gasteiger charge is -2.17. The molecule has 0 atom stereocenters. The van der Waals surface area contributed by atoms with Gasteiger partial charge in [0.2, 0.25) is 5.91 Å². The number of aromatic amines is 1. The molecule has 0 saturated heterocycles. The average molecular weight is 293 g/mol. The molecule has 1 aromatic heterocycles. The number of hydrogen-bond donors (Lipinski definition) is 2. The number of benzene rings is 1. The van der Waals surface area contributed by atoms with Crippen molar-refractivity contribution >= 4 is 28.4 Å². The summed E-state index contributed by atoms with van der Waals surface area (Å²) in [5, 5.41) is 4.83. The van der Waals surface area contributed by atoms with E-state index in [9.17, 15) is 4.79 Å². The van der Waals surface area contributed by atoms with E-state index in [4.69, 9.17) is 11.6 Å². The van der Waals surface area contributed by atoms with Crippen LogP contribution in [0.5, 0.6) is 0 Å². The van der Waals surface area contributed by atoms with Gasteiger partial charge in [-0.1, -0.05) is 32.4 Å². The monoisotopic (exact) mass is 292 g/mol. The lowest BCUT2D eigenvalue weighted by atomic mass is 9.92. The summed E-state index contributed by atoms with van der Waals surface area (Å²) in [4.78, 5) is 15.0. The molecule has 1 aromatic carbocycles. The van der Waals surface area contributed by atoms with Gasteiger partial charge in [0.05, 0.1) is 0 Å². The number of fused-ring (bicyclic) bond motifs is 1. The number of rotatable bonds is 4. The van der Waals surface area contributed by atoms with E-state index < -0.39 is 0 Å². The minimum absolute atomic E-state index is 0.0262. The highest BCUT2D eigenvalue weighted by Crippen LogP contribution is 2.22. The summed E-state index contributed by atoms with van der Waals surface area (Å²) in [5.74, 6) is 0.107. The number of carbonyl (C=O) groups excluding carboxylic acids is 1. The van der Waals surface area contributed by atoms with Gasteiger partial charge in [-0.2, -0.15) is 0 Å². The summed E-state index contributed by atoms with van der Waals surface area (Å²) in [7, 11) is 0. The number of halogens is 1. The molecule has 0 aliphatic carbocycles. The van der Waals surface area contributed by atoms with E-state index in [1.807, 2.05) is 24.4 Å². The van der Waals surface area contributed by atoms with Gasteiger partial charge < -0.3 is 10.3 Å². The van der Waals surface area contributed by atoms with Crippen molar-refractivity contribution in [2.75, 3.05) is 6.54 Å². The first-order valence-electron chi connectivity index (χ1n) is 6.87. The molecule has 0 aliphatic rings. The van der Waals surface area contributed by atoms with E-state index in [0.717, 1.165) is 22.3 Å². The maximum absolute atomic E-state index is 11.8. The number of aromatic nitrogens is 1. The summed E-state index contributed by atoms with van der Waals surface area (Å²) in [5.41, 5.74) is 2.28. The first-order valence-corrected chi connectivity index (χ1v) is 7.25. The molecule has 0 fully saturated rings. The highest BCUT2D eigenvalue weighted by molar-refractivity contribution is 6.31. The topological polar surface area (TPSA) is 44.9 Å². The normalized spacial score (nSPS) is 11.8. The van der Waals surface area contributed by atoms with Crippen molar-refractivity contribution in [1.82, 2.24) is 10.3 Å². The summed E-state index contributed by atoms with van der Waals surface area (Å²) >= 11 is 6.02. The van der Waals surface area contributed by atoms with Crippen molar-refractivity contribution in [3.63, 3.8) is 0 Å². The molecule has 0 unspecified atom stereocenters. The van der Waals surface area contributed by atoms with Crippen molar-refractivity contribution in [3.05, 3.63) is 35.0 Å². The zero-order valence-electron chi connectivity index (χ0n) is 12.2. The van der Waals surface area contributed by atoms with Crippen LogP contribution in [-0.2, 0) is 11.2 Å². The van der Waals surface area contributed by atoms with Crippen LogP contribution in [0.2, 0.25) is 5.02 Å². The molecule has 1 heterocycles. The first kappa shape index (κ1) is 14.9. The van der Waals surface area contributed by atoms with Gasteiger partial charge >= 0.3 is 0 Å². The second-order valence-electron chi connectivity index (χ2n) is 6.34. The summed E-state index contributed by atoms with van der Waals surface area (Å²) in [6, 6.07) is 5.80. The van der Waals surface area contributed by atoms with Crippen LogP contribution in [0.3, 0.4) is 0 Å². The fraction of sp³-hybridized carbons (Fsp3) is 0.438. The minimum Gasteiger partial charge on any atom is -0.361 e. The second kappa shape index (κ2) is 5.88. The minimum atomic E-state index is 0.0262. The molecule has 20 heavy (non-hydrogen) atoms. The molecule has 108 valence electrons. The van der Waals surface area contributed by atoms with Gasteiger partial charge in [-0.15, -0.1) is 0 Å². The van der Waals surface area contributed by atoms with E-state index in [0.29, 0.717) is 13.0 Å². The molecular weight excluding hydrogens is 272 g/mol. The van der Waals surface area contributed by atoms with Crippen molar-refractivity contribution in [3.8, 4) is 0 Å². The predicted octanol–water partition coefficient (Wildman–Crippen LogP) is 3.92. The number of hydrogen-bond acceptors (Lipinski definition) is 1. The third-order valence-electron chi connectivity index (χ3n) is 3.14. The van der Waals surface area contributed by atoms with Crippen LogP contribution < -0.4 is 5.32 Å². The molecule has 0 saturated carbocycles. The van der Waals surface area contributed by atoms with Crippen LogP contribution in [0.25, 0.3) is 10.9 Å². The molecule has 0 radical (unpaired) electrons. The third-order valence-corrected chi connectivity index (χ3v) is 3.37. The van der Waals surface area contributed by atoms with Gasteiger partial charge in [0.1, 0.15) is 0 Å². The Bertz CT molecular complexity index is 610. The number of carbonyl (C=O) groups is 1. The van der Waals surface area contributed by atoms with Crippen LogP contribution in [0, 0.1) is 5.41 Å². The third kappa shape index (κ3) is 4.01. The van der Waals surface area contributed by atoms with E-state index in [-0.39, 0.29) is 11.3 Å². The van der Waals surface area contributed by atoms with Gasteiger partial charge in [0.15, 0.2) is 0 Å². The van der Waals surface area contributed by atoms with E-state index in [1.54, 1.807) is 0 Å². The first-order chi connectivity index (χ1) is 9.35. The van der Waals surface area contributed by atoms with Gasteiger partial charge in [0, 0.05) is 35.1 Å². The fourth-order valence-corrected chi connectivity index (χ4v) is 2.41. The van der Waals surface area contributed by atoms with Crippen LogP contribution in [-0.4, -0.2) is 17.4 Å². The van der Waals surface area contributed by atoms with Crippen molar-refractivity contribution in [2.45, 2.75) is 33.6 Å². The molecule has 2 N–H and O–H groups in total. The van der Waals surface area contributed by atoms with Crippen LogP contribution in [0.4, 0.5) is 0 Å². The van der Waals surface area contributed by atoms with Gasteiger partial charge in [-0.3, -0.25) is 4.79 Å². The SMILES string of the molecule is CC(C)(C)CC(=O)NCCc1c[nH]c2ccc(Cl)cc12. The molecule has 0 spiro atoms. The Kier molecular flexibility index (Phi) is 4.39. The highest BCUT2D eigenvalue weighted by atomic mass is 35.5. The van der Waals surface area contributed by atoms with Crippen molar-refractivity contribution in [1.29, 1.82) is 0 Å². The molecule has 0 aliphatic heterocycles. The lowest BCUT2D eigenvalue weighted by molar-refractivity contribution is -0.122. The predicted molar refractivity (Wildman–Crippen MR) is 84.1 cm³/mol. The average Bonchev–Trinajstić information content (AvgIpc) is 2.69. The fourth-order valence-electron chi connectivity index (χ4n) is 2.24. The summed E-state index contributed by atoms with van der Waals surface area (Å²) in [6.07, 6.45) is 3.33. The summed E-state index contributed by atoms with van der Waals surface area (Å²) < 4.78 is 0. The number of nitrogens with one attached hydrogen (secondary N) is 2. The van der Waals surface area contributed by atoms with Gasteiger partial charge in [-0.25, -0.2) is 0 Å². The van der Waals surface area contributed by atoms with E-state index in [2.05, 4.69) is 31.1 Å². The number of amides is 1. The Morgan fingerprint density at radius 1 is 1.35 bits per heavy atom. The van der Waals surface area contributed by atoms with Crippen LogP contribution in [0.15, 0.2) is 24.4 Å². The largest absolute Gasteiger partial charge is 0.361 e. The molecule has 2 aromatic rings. The molecule has 3 nitrogen and oxygen atoms in total. The molecule has 1 amide bonds. The van der Waals surface area contributed by atoms with Crippen LogP contribution in [0.1, 0.15) is 32.8 Å². The van der Waals surface area contributed by atoms with Crippen molar-refractivity contribution < 1.29 is 4.79 Å². The molecule has 4 heteroatoms. The Hall–Kier alpha value is -1.48. The Balaban J connectivity index is 1.93. The zero-order chi connectivity index (χ0) is 14.8. The maximum Gasteiger partial charge on any atom is 0.220 e. The second-order valence-corrected chi connectivity index (χ2v) is 6.78. The van der Waals surface area contributed by atoms with Gasteiger partial charge in [-0.05, 0) is 35.6 Å². The van der Waals surface area contributed by atoms with Gasteiger partial charge in [0.25, 0.3) is 0 Å². The van der Waals surface area contributed by atoms with Crippen LogP contribution >= 0.6 is 11.6 Å². The highest BCUT2D eigenvalue weighted by Gasteiger charge is 2.15. The zero-order valence-corrected chi connectivity index (χ0v) is 13.0. The maximum atomic E-state index is 11.8. The Labute approximate surface area is 124 Å². The molecular formula is C16H21ClN2O. The van der Waals surface area contributed by atoms with E-state index in [1.165, 1.54) is 5.56 Å². The lowest BCUT2D eigenvalue weighted by Crippen LogP contribution is -2.29.